The first kappa shape index (κ1) is 20.8. The molecule has 1 N–H and O–H groups in total. The maximum absolute atomic E-state index is 13.0. The zero-order valence-electron chi connectivity index (χ0n) is 15.6. The van der Waals surface area contributed by atoms with Gasteiger partial charge >= 0.3 is 0 Å². The van der Waals surface area contributed by atoms with Gasteiger partial charge in [-0.3, -0.25) is 4.79 Å². The number of methoxy groups -OCH3 is 1. The Kier molecular flexibility index (Phi) is 6.79. The fourth-order valence-corrected chi connectivity index (χ4v) is 3.31. The van der Waals surface area contributed by atoms with Gasteiger partial charge in [-0.15, -0.1) is 10.2 Å². The largest absolute Gasteiger partial charge is 0.493 e. The minimum absolute atomic E-state index is 0.139. The summed E-state index contributed by atoms with van der Waals surface area (Å²) in [7, 11) is 1.57. The van der Waals surface area contributed by atoms with E-state index in [9.17, 15) is 9.18 Å². The molecule has 0 spiro atoms. The average molecular weight is 434 g/mol. The van der Waals surface area contributed by atoms with Crippen LogP contribution in [-0.2, 0) is 0 Å². The highest BCUT2D eigenvalue weighted by Gasteiger charge is 2.15. The maximum atomic E-state index is 13.0. The molecule has 1 aromatic heterocycles. The smallest absolute Gasteiger partial charge is 0.286 e. The average Bonchev–Trinajstić information content (AvgIpc) is 3.21. The van der Waals surface area contributed by atoms with Crippen LogP contribution in [0, 0.1) is 5.82 Å². The fraction of sp³-hybridized carbons (Fsp3) is 0.150. The molecule has 0 aliphatic carbocycles. The first-order valence-electron chi connectivity index (χ1n) is 8.59. The quantitative estimate of drug-likeness (QED) is 0.562. The van der Waals surface area contributed by atoms with Crippen LogP contribution in [0.4, 0.5) is 10.1 Å². The number of hydrogen-bond acceptors (Lipinski definition) is 6. The molecule has 0 unspecified atom stereocenters. The number of rotatable bonds is 7. The van der Waals surface area contributed by atoms with Crippen molar-refractivity contribution >= 4 is 45.6 Å². The SMILES string of the molecule is CCOc1cc(/C=C(\Cl)c2nnc(C(=O)Nc3ccc(F)cc3)s2)ccc1OC. The Morgan fingerprint density at radius 2 is 1.90 bits per heavy atom. The Morgan fingerprint density at radius 1 is 1.17 bits per heavy atom. The zero-order chi connectivity index (χ0) is 20.8. The Balaban J connectivity index is 1.76. The van der Waals surface area contributed by atoms with Gasteiger partial charge in [-0.05, 0) is 55.0 Å². The normalized spacial score (nSPS) is 11.2. The van der Waals surface area contributed by atoms with Crippen molar-refractivity contribution in [1.82, 2.24) is 10.2 Å². The van der Waals surface area contributed by atoms with Crippen molar-refractivity contribution in [3.05, 3.63) is 63.9 Å². The highest BCUT2D eigenvalue weighted by molar-refractivity contribution is 7.15. The molecule has 9 heteroatoms. The van der Waals surface area contributed by atoms with Gasteiger partial charge in [0.2, 0.25) is 5.01 Å². The third kappa shape index (κ3) is 5.30. The van der Waals surface area contributed by atoms with Crippen LogP contribution in [0.2, 0.25) is 0 Å². The number of benzene rings is 2. The van der Waals surface area contributed by atoms with Crippen LogP contribution in [0.15, 0.2) is 42.5 Å². The number of hydrogen-bond donors (Lipinski definition) is 1. The van der Waals surface area contributed by atoms with E-state index in [0.717, 1.165) is 16.9 Å². The predicted molar refractivity (Wildman–Crippen MR) is 112 cm³/mol. The van der Waals surface area contributed by atoms with Crippen molar-refractivity contribution in [2.24, 2.45) is 0 Å². The van der Waals surface area contributed by atoms with Gasteiger partial charge < -0.3 is 14.8 Å². The number of halogens is 2. The maximum Gasteiger partial charge on any atom is 0.286 e. The first-order chi connectivity index (χ1) is 14.0. The monoisotopic (exact) mass is 433 g/mol. The van der Waals surface area contributed by atoms with Crippen LogP contribution in [-0.4, -0.2) is 29.8 Å². The Labute approximate surface area is 176 Å². The number of amides is 1. The molecule has 0 radical (unpaired) electrons. The summed E-state index contributed by atoms with van der Waals surface area (Å²) in [5.41, 5.74) is 1.24. The van der Waals surface area contributed by atoms with Gasteiger partial charge in [0, 0.05) is 5.69 Å². The molecule has 0 aliphatic rings. The molecule has 2 aromatic carbocycles. The molecular formula is C20H17ClFN3O3S. The number of carbonyl (C=O) groups is 1. The number of nitrogens with zero attached hydrogens (tertiary/aromatic N) is 2. The zero-order valence-corrected chi connectivity index (χ0v) is 17.2. The topological polar surface area (TPSA) is 73.3 Å². The second kappa shape index (κ2) is 9.49. The molecule has 0 fully saturated rings. The minimum atomic E-state index is -0.451. The van der Waals surface area contributed by atoms with Crippen LogP contribution in [0.1, 0.15) is 27.3 Å². The van der Waals surface area contributed by atoms with Crippen LogP contribution in [0.25, 0.3) is 11.1 Å². The fourth-order valence-electron chi connectivity index (χ4n) is 2.39. The summed E-state index contributed by atoms with van der Waals surface area (Å²) in [4.78, 5) is 12.3. The Hall–Kier alpha value is -2.97. The van der Waals surface area contributed by atoms with Crippen molar-refractivity contribution < 1.29 is 18.7 Å². The molecule has 1 heterocycles. The van der Waals surface area contributed by atoms with E-state index in [0.29, 0.717) is 33.8 Å². The van der Waals surface area contributed by atoms with Gasteiger partial charge in [0.1, 0.15) is 5.82 Å². The number of nitrogens with one attached hydrogen (secondary N) is 1. The van der Waals surface area contributed by atoms with E-state index in [1.807, 2.05) is 13.0 Å². The van der Waals surface area contributed by atoms with E-state index in [-0.39, 0.29) is 10.8 Å². The van der Waals surface area contributed by atoms with Crippen LogP contribution in [0.3, 0.4) is 0 Å². The Bertz CT molecular complexity index is 1040. The molecule has 0 saturated heterocycles. The van der Waals surface area contributed by atoms with Crippen molar-refractivity contribution in [3.63, 3.8) is 0 Å². The number of anilines is 1. The van der Waals surface area contributed by atoms with Crippen molar-refractivity contribution in [2.45, 2.75) is 6.92 Å². The third-order valence-electron chi connectivity index (χ3n) is 3.71. The molecule has 6 nitrogen and oxygen atoms in total. The molecule has 29 heavy (non-hydrogen) atoms. The van der Waals surface area contributed by atoms with Crippen LogP contribution < -0.4 is 14.8 Å². The second-order valence-corrected chi connectivity index (χ2v) is 7.09. The summed E-state index contributed by atoms with van der Waals surface area (Å²) in [6, 6.07) is 10.8. The van der Waals surface area contributed by atoms with E-state index in [1.54, 1.807) is 25.3 Å². The molecule has 1 amide bonds. The molecular weight excluding hydrogens is 417 g/mol. The molecule has 3 aromatic rings. The summed E-state index contributed by atoms with van der Waals surface area (Å²) in [6.45, 7) is 2.38. The van der Waals surface area contributed by atoms with Crippen LogP contribution in [0.5, 0.6) is 11.5 Å². The third-order valence-corrected chi connectivity index (χ3v) is 5.06. The van der Waals surface area contributed by atoms with Crippen molar-refractivity contribution in [2.75, 3.05) is 19.0 Å². The Morgan fingerprint density at radius 3 is 2.59 bits per heavy atom. The lowest BCUT2D eigenvalue weighted by atomic mass is 10.2. The van der Waals surface area contributed by atoms with Gasteiger partial charge in [-0.25, -0.2) is 4.39 Å². The lowest BCUT2D eigenvalue weighted by molar-refractivity contribution is 0.102. The van der Waals surface area contributed by atoms with Gasteiger partial charge in [0.25, 0.3) is 5.91 Å². The molecule has 0 saturated carbocycles. The highest BCUT2D eigenvalue weighted by atomic mass is 35.5. The summed E-state index contributed by atoms with van der Waals surface area (Å²) in [5.74, 6) is 0.387. The number of aromatic nitrogens is 2. The molecule has 150 valence electrons. The lowest BCUT2D eigenvalue weighted by Gasteiger charge is -2.09. The molecule has 3 rings (SSSR count). The van der Waals surface area contributed by atoms with E-state index in [1.165, 1.54) is 24.3 Å². The van der Waals surface area contributed by atoms with Gasteiger partial charge in [0.15, 0.2) is 16.5 Å². The van der Waals surface area contributed by atoms with E-state index in [2.05, 4.69) is 15.5 Å². The lowest BCUT2D eigenvalue weighted by Crippen LogP contribution is -2.11. The molecule has 0 atom stereocenters. The molecule has 0 aliphatic heterocycles. The summed E-state index contributed by atoms with van der Waals surface area (Å²) in [5, 5.41) is 11.3. The van der Waals surface area contributed by atoms with E-state index in [4.69, 9.17) is 21.1 Å². The van der Waals surface area contributed by atoms with E-state index >= 15 is 0 Å². The summed E-state index contributed by atoms with van der Waals surface area (Å²) in [6.07, 6.45) is 1.70. The predicted octanol–water partition coefficient (Wildman–Crippen LogP) is 5.07. The number of carbonyl (C=O) groups excluding carboxylic acids is 1. The summed E-state index contributed by atoms with van der Waals surface area (Å²) >= 11 is 7.41. The highest BCUT2D eigenvalue weighted by Crippen LogP contribution is 2.31. The van der Waals surface area contributed by atoms with Crippen molar-refractivity contribution in [3.8, 4) is 11.5 Å². The second-order valence-electron chi connectivity index (χ2n) is 5.71. The van der Waals surface area contributed by atoms with Crippen LogP contribution >= 0.6 is 22.9 Å². The molecule has 0 bridgehead atoms. The minimum Gasteiger partial charge on any atom is -0.493 e. The van der Waals surface area contributed by atoms with Crippen molar-refractivity contribution in [1.29, 1.82) is 0 Å². The standard InChI is InChI=1S/C20H17ClFN3O3S/c1-3-28-17-11-12(4-9-16(17)27-2)10-15(21)19-24-25-20(29-19)18(26)23-14-7-5-13(22)6-8-14/h4-11H,3H2,1-2H3,(H,23,26)/b15-10-. The van der Waals surface area contributed by atoms with E-state index < -0.39 is 5.91 Å². The van der Waals surface area contributed by atoms with Gasteiger partial charge in [0.05, 0.1) is 18.7 Å². The van der Waals surface area contributed by atoms with Gasteiger partial charge in [-0.1, -0.05) is 29.0 Å². The first-order valence-corrected chi connectivity index (χ1v) is 9.78. The number of ether oxygens (including phenoxy) is 2. The van der Waals surface area contributed by atoms with Gasteiger partial charge in [-0.2, -0.15) is 0 Å². The summed E-state index contributed by atoms with van der Waals surface area (Å²) < 4.78 is 23.8.